The van der Waals surface area contributed by atoms with Crippen LogP contribution < -0.4 is 19.3 Å². The van der Waals surface area contributed by atoms with Gasteiger partial charge in [-0.05, 0) is 84.5 Å². The zero-order chi connectivity index (χ0) is 26.6. The fourth-order valence-corrected chi connectivity index (χ4v) is 6.25. The quantitative estimate of drug-likeness (QED) is 0.422. The van der Waals surface area contributed by atoms with Gasteiger partial charge in [0.15, 0.2) is 0 Å². The molecule has 196 valence electrons. The Morgan fingerprint density at radius 1 is 1.00 bits per heavy atom. The van der Waals surface area contributed by atoms with Crippen LogP contribution in [0.4, 0.5) is 17.1 Å². The number of anilines is 3. The van der Waals surface area contributed by atoms with Gasteiger partial charge in [0, 0.05) is 37.6 Å². The van der Waals surface area contributed by atoms with Crippen LogP contribution in [-0.4, -0.2) is 66.1 Å². The SMILES string of the molecule is COc1ccc(S(=O)(=O)N(CC(=O)Nc2ccc(N3CCN(C)CC3)cc2)c2ccc(C)cc2)cc1Br. The average molecular weight is 588 g/mol. The van der Waals surface area contributed by atoms with Gasteiger partial charge in [-0.1, -0.05) is 17.7 Å². The molecule has 4 rings (SSSR count). The standard InChI is InChI=1S/C27H31BrN4O4S/c1-20-4-8-23(9-5-20)32(37(34,35)24-12-13-26(36-3)25(28)18-24)19-27(33)29-21-6-10-22(11-7-21)31-16-14-30(2)15-17-31/h4-13,18H,14-17,19H2,1-3H3,(H,29,33). The molecule has 1 heterocycles. The number of carbonyl (C=O) groups is 1. The number of aryl methyl sites for hydroxylation is 1. The van der Waals surface area contributed by atoms with Crippen molar-refractivity contribution in [2.45, 2.75) is 11.8 Å². The van der Waals surface area contributed by atoms with Crippen molar-refractivity contribution >= 4 is 48.9 Å². The number of amides is 1. The van der Waals surface area contributed by atoms with E-state index < -0.39 is 15.9 Å². The lowest BCUT2D eigenvalue weighted by Crippen LogP contribution is -2.44. The van der Waals surface area contributed by atoms with Gasteiger partial charge in [0.25, 0.3) is 10.0 Å². The number of nitrogens with zero attached hydrogens (tertiary/aromatic N) is 3. The summed E-state index contributed by atoms with van der Waals surface area (Å²) in [6, 6.07) is 19.2. The molecule has 0 unspecified atom stereocenters. The fraction of sp³-hybridized carbons (Fsp3) is 0.296. The van der Waals surface area contributed by atoms with E-state index in [0.717, 1.165) is 41.7 Å². The molecule has 1 N–H and O–H groups in total. The van der Waals surface area contributed by atoms with Gasteiger partial charge in [-0.15, -0.1) is 0 Å². The molecule has 3 aromatic rings. The molecule has 0 saturated carbocycles. The first-order valence-electron chi connectivity index (χ1n) is 11.9. The molecule has 3 aromatic carbocycles. The first-order chi connectivity index (χ1) is 17.7. The number of methoxy groups -OCH3 is 1. The van der Waals surface area contributed by atoms with E-state index in [1.165, 1.54) is 19.2 Å². The van der Waals surface area contributed by atoms with Gasteiger partial charge in [-0.3, -0.25) is 9.10 Å². The number of likely N-dealkylation sites (N-methyl/N-ethyl adjacent to an activating group) is 1. The molecular weight excluding hydrogens is 556 g/mol. The third kappa shape index (κ3) is 6.44. The maximum atomic E-state index is 13.7. The van der Waals surface area contributed by atoms with E-state index in [2.05, 4.69) is 38.1 Å². The Labute approximate surface area is 227 Å². The van der Waals surface area contributed by atoms with Crippen LogP contribution >= 0.6 is 15.9 Å². The molecule has 37 heavy (non-hydrogen) atoms. The number of piperazine rings is 1. The van der Waals surface area contributed by atoms with Crippen LogP contribution in [0.15, 0.2) is 76.1 Å². The molecule has 0 atom stereocenters. The Bertz CT molecular complexity index is 1340. The number of sulfonamides is 1. The molecule has 1 amide bonds. The van der Waals surface area contributed by atoms with Crippen LogP contribution in [0.3, 0.4) is 0 Å². The molecule has 1 fully saturated rings. The van der Waals surface area contributed by atoms with Crippen molar-refractivity contribution < 1.29 is 17.9 Å². The number of rotatable bonds is 8. The van der Waals surface area contributed by atoms with Gasteiger partial charge in [0.1, 0.15) is 12.3 Å². The van der Waals surface area contributed by atoms with Gasteiger partial charge >= 0.3 is 0 Å². The number of nitrogens with one attached hydrogen (secondary N) is 1. The lowest BCUT2D eigenvalue weighted by atomic mass is 10.2. The van der Waals surface area contributed by atoms with E-state index in [4.69, 9.17) is 4.74 Å². The number of hydrogen-bond acceptors (Lipinski definition) is 6. The van der Waals surface area contributed by atoms with Crippen LogP contribution in [0.5, 0.6) is 5.75 Å². The molecule has 0 radical (unpaired) electrons. The highest BCUT2D eigenvalue weighted by Crippen LogP contribution is 2.31. The molecule has 0 spiro atoms. The topological polar surface area (TPSA) is 82.2 Å². The minimum Gasteiger partial charge on any atom is -0.496 e. The Balaban J connectivity index is 1.54. The summed E-state index contributed by atoms with van der Waals surface area (Å²) in [5.74, 6) is 0.0719. The summed E-state index contributed by atoms with van der Waals surface area (Å²) in [7, 11) is -0.428. The molecule has 10 heteroatoms. The molecule has 1 aliphatic rings. The Hall–Kier alpha value is -3.08. The van der Waals surface area contributed by atoms with E-state index >= 15 is 0 Å². The van der Waals surface area contributed by atoms with Gasteiger partial charge in [-0.2, -0.15) is 0 Å². The van der Waals surface area contributed by atoms with E-state index in [1.807, 2.05) is 43.3 Å². The maximum absolute atomic E-state index is 13.7. The predicted octanol–water partition coefficient (Wildman–Crippen LogP) is 4.35. The van der Waals surface area contributed by atoms with Gasteiger partial charge in [0.05, 0.1) is 22.2 Å². The minimum atomic E-state index is -4.05. The summed E-state index contributed by atoms with van der Waals surface area (Å²) in [6.07, 6.45) is 0. The third-order valence-corrected chi connectivity index (χ3v) is 8.73. The molecule has 1 saturated heterocycles. The molecule has 0 bridgehead atoms. The Kier molecular flexibility index (Phi) is 8.41. The summed E-state index contributed by atoms with van der Waals surface area (Å²) in [4.78, 5) is 17.7. The molecular formula is C27H31BrN4O4S. The first kappa shape index (κ1) is 27.0. The molecule has 0 aliphatic carbocycles. The zero-order valence-electron chi connectivity index (χ0n) is 21.1. The smallest absolute Gasteiger partial charge is 0.264 e. The summed E-state index contributed by atoms with van der Waals surface area (Å²) in [5.41, 5.74) is 3.09. The summed E-state index contributed by atoms with van der Waals surface area (Å²) in [5, 5.41) is 2.84. The van der Waals surface area contributed by atoms with Crippen molar-refractivity contribution in [3.8, 4) is 5.75 Å². The molecule has 0 aromatic heterocycles. The second-order valence-electron chi connectivity index (χ2n) is 9.03. The lowest BCUT2D eigenvalue weighted by Gasteiger charge is -2.34. The largest absolute Gasteiger partial charge is 0.496 e. The number of carbonyl (C=O) groups excluding carboxylic acids is 1. The van der Waals surface area contributed by atoms with E-state index in [-0.39, 0.29) is 11.4 Å². The van der Waals surface area contributed by atoms with Crippen molar-refractivity contribution in [1.29, 1.82) is 0 Å². The number of hydrogen-bond donors (Lipinski definition) is 1. The van der Waals surface area contributed by atoms with Gasteiger partial charge < -0.3 is 19.9 Å². The third-order valence-electron chi connectivity index (χ3n) is 6.34. The zero-order valence-corrected chi connectivity index (χ0v) is 23.5. The summed E-state index contributed by atoms with van der Waals surface area (Å²) < 4.78 is 34.2. The van der Waals surface area contributed by atoms with Crippen LogP contribution in [-0.2, 0) is 14.8 Å². The summed E-state index contributed by atoms with van der Waals surface area (Å²) in [6.45, 7) is 5.45. The highest BCUT2D eigenvalue weighted by atomic mass is 79.9. The Morgan fingerprint density at radius 3 is 2.24 bits per heavy atom. The first-order valence-corrected chi connectivity index (χ1v) is 14.2. The van der Waals surface area contributed by atoms with E-state index in [1.54, 1.807) is 18.2 Å². The maximum Gasteiger partial charge on any atom is 0.264 e. The van der Waals surface area contributed by atoms with Gasteiger partial charge in [-0.25, -0.2) is 8.42 Å². The van der Waals surface area contributed by atoms with E-state index in [9.17, 15) is 13.2 Å². The number of halogens is 1. The number of ether oxygens (including phenoxy) is 1. The molecule has 1 aliphatic heterocycles. The lowest BCUT2D eigenvalue weighted by molar-refractivity contribution is -0.114. The molecule has 8 nitrogen and oxygen atoms in total. The van der Waals surface area contributed by atoms with Crippen LogP contribution in [0.1, 0.15) is 5.56 Å². The Morgan fingerprint density at radius 2 is 1.65 bits per heavy atom. The normalized spacial score (nSPS) is 14.3. The van der Waals surface area contributed by atoms with E-state index in [0.29, 0.717) is 21.6 Å². The monoisotopic (exact) mass is 586 g/mol. The summed E-state index contributed by atoms with van der Waals surface area (Å²) >= 11 is 3.35. The fourth-order valence-electron chi connectivity index (χ4n) is 4.11. The van der Waals surface area contributed by atoms with Crippen LogP contribution in [0.25, 0.3) is 0 Å². The van der Waals surface area contributed by atoms with Crippen molar-refractivity contribution in [3.05, 3.63) is 76.8 Å². The predicted molar refractivity (Wildman–Crippen MR) is 151 cm³/mol. The van der Waals surface area contributed by atoms with Gasteiger partial charge in [0.2, 0.25) is 5.91 Å². The minimum absolute atomic E-state index is 0.0464. The second kappa shape index (κ2) is 11.5. The highest BCUT2D eigenvalue weighted by molar-refractivity contribution is 9.10. The average Bonchev–Trinajstić information content (AvgIpc) is 2.89. The number of benzene rings is 3. The highest BCUT2D eigenvalue weighted by Gasteiger charge is 2.28. The van der Waals surface area contributed by atoms with Crippen molar-refractivity contribution in [2.75, 3.05) is 61.4 Å². The van der Waals surface area contributed by atoms with Crippen LogP contribution in [0.2, 0.25) is 0 Å². The van der Waals surface area contributed by atoms with Crippen LogP contribution in [0, 0.1) is 6.92 Å². The van der Waals surface area contributed by atoms with Crippen molar-refractivity contribution in [1.82, 2.24) is 4.90 Å². The second-order valence-corrected chi connectivity index (χ2v) is 11.7. The van der Waals surface area contributed by atoms with Crippen molar-refractivity contribution in [3.63, 3.8) is 0 Å². The van der Waals surface area contributed by atoms with Crippen molar-refractivity contribution in [2.24, 2.45) is 0 Å².